The van der Waals surface area contributed by atoms with Gasteiger partial charge in [0, 0.05) is 38.1 Å². The number of benzene rings is 1. The maximum atomic E-state index is 12.0. The van der Waals surface area contributed by atoms with Crippen LogP contribution in [0.1, 0.15) is 26.3 Å². The van der Waals surface area contributed by atoms with Crippen LogP contribution in [0.15, 0.2) is 30.3 Å². The molecule has 1 aromatic carbocycles. The van der Waals surface area contributed by atoms with Gasteiger partial charge in [-0.25, -0.2) is 0 Å². The van der Waals surface area contributed by atoms with E-state index in [1.807, 2.05) is 24.8 Å². The number of hydrogen-bond acceptors (Lipinski definition) is 2. The molecular formula is C16H24N2O. The highest BCUT2D eigenvalue weighted by molar-refractivity contribution is 5.78. The second-order valence-corrected chi connectivity index (χ2v) is 5.74. The minimum absolute atomic E-state index is 0.105. The van der Waals surface area contributed by atoms with E-state index in [9.17, 15) is 4.79 Å². The molecule has 0 saturated carbocycles. The Hall–Kier alpha value is -1.35. The summed E-state index contributed by atoms with van der Waals surface area (Å²) in [4.78, 5) is 16.5. The number of hydrogen-bond donors (Lipinski definition) is 0. The Kier molecular flexibility index (Phi) is 4.59. The van der Waals surface area contributed by atoms with Crippen LogP contribution in [0.5, 0.6) is 0 Å². The van der Waals surface area contributed by atoms with Crippen LogP contribution >= 0.6 is 0 Å². The predicted molar refractivity (Wildman–Crippen MR) is 77.7 cm³/mol. The average Bonchev–Trinajstić information content (AvgIpc) is 2.41. The summed E-state index contributed by atoms with van der Waals surface area (Å²) in [5, 5.41) is 0. The quantitative estimate of drug-likeness (QED) is 0.833. The fraction of sp³-hybridized carbons (Fsp3) is 0.562. The van der Waals surface area contributed by atoms with Crippen LogP contribution in [0.4, 0.5) is 0 Å². The first-order valence-electron chi connectivity index (χ1n) is 7.14. The third-order valence-electron chi connectivity index (χ3n) is 3.80. The molecule has 1 aromatic rings. The van der Waals surface area contributed by atoms with Crippen molar-refractivity contribution in [3.63, 3.8) is 0 Å². The number of amides is 1. The Labute approximate surface area is 116 Å². The Morgan fingerprint density at radius 3 is 2.53 bits per heavy atom. The van der Waals surface area contributed by atoms with E-state index in [1.54, 1.807) is 0 Å². The molecule has 19 heavy (non-hydrogen) atoms. The van der Waals surface area contributed by atoms with Crippen molar-refractivity contribution in [2.75, 3.05) is 19.6 Å². The highest BCUT2D eigenvalue weighted by atomic mass is 16.2. The summed E-state index contributed by atoms with van der Waals surface area (Å²) >= 11 is 0. The van der Waals surface area contributed by atoms with Crippen molar-refractivity contribution < 1.29 is 4.79 Å². The van der Waals surface area contributed by atoms with Crippen molar-refractivity contribution >= 4 is 5.91 Å². The summed E-state index contributed by atoms with van der Waals surface area (Å²) in [5.74, 6) is 0.388. The van der Waals surface area contributed by atoms with Crippen LogP contribution in [0.2, 0.25) is 0 Å². The van der Waals surface area contributed by atoms with Gasteiger partial charge in [0.05, 0.1) is 0 Å². The predicted octanol–water partition coefficient (Wildman–Crippen LogP) is 2.38. The average molecular weight is 260 g/mol. The molecule has 3 nitrogen and oxygen atoms in total. The zero-order valence-electron chi connectivity index (χ0n) is 12.2. The molecule has 0 N–H and O–H groups in total. The number of carbonyl (C=O) groups excluding carboxylic acids is 1. The van der Waals surface area contributed by atoms with Gasteiger partial charge in [0.2, 0.25) is 5.91 Å². The Balaban J connectivity index is 1.92. The van der Waals surface area contributed by atoms with Crippen molar-refractivity contribution in [1.29, 1.82) is 0 Å². The lowest BCUT2D eigenvalue weighted by atomic mass is 10.1. The maximum absolute atomic E-state index is 12.0. The Morgan fingerprint density at radius 1 is 1.26 bits per heavy atom. The second-order valence-electron chi connectivity index (χ2n) is 5.74. The normalized spacial score (nSPS) is 20.8. The largest absolute Gasteiger partial charge is 0.340 e. The van der Waals surface area contributed by atoms with E-state index in [-0.39, 0.29) is 11.8 Å². The Bertz CT molecular complexity index is 416. The molecule has 0 aromatic heterocycles. The summed E-state index contributed by atoms with van der Waals surface area (Å²) in [7, 11) is 0. The molecule has 1 fully saturated rings. The molecule has 0 aliphatic carbocycles. The summed E-state index contributed by atoms with van der Waals surface area (Å²) in [6, 6.07) is 11.0. The van der Waals surface area contributed by atoms with Gasteiger partial charge in [-0.15, -0.1) is 0 Å². The van der Waals surface area contributed by atoms with Crippen molar-refractivity contribution in [2.45, 2.75) is 33.4 Å². The topological polar surface area (TPSA) is 23.6 Å². The minimum Gasteiger partial charge on any atom is -0.340 e. The molecule has 0 bridgehead atoms. The first-order chi connectivity index (χ1) is 9.08. The SMILES string of the molecule is CC(C)C(=O)N1CCN(Cc2ccccc2)C(C)C1. The molecule has 2 rings (SSSR count). The lowest BCUT2D eigenvalue weighted by molar-refractivity contribution is -0.137. The van der Waals surface area contributed by atoms with Crippen LogP contribution in [-0.4, -0.2) is 41.4 Å². The first-order valence-corrected chi connectivity index (χ1v) is 7.14. The van der Waals surface area contributed by atoms with Gasteiger partial charge in [-0.3, -0.25) is 9.69 Å². The minimum atomic E-state index is 0.105. The first kappa shape index (κ1) is 14.1. The standard InChI is InChI=1S/C16H24N2O/c1-13(2)16(19)18-10-9-17(14(3)11-18)12-15-7-5-4-6-8-15/h4-8,13-14H,9-12H2,1-3H3. The van der Waals surface area contributed by atoms with E-state index in [2.05, 4.69) is 36.1 Å². The van der Waals surface area contributed by atoms with Gasteiger partial charge < -0.3 is 4.90 Å². The molecule has 1 saturated heterocycles. The Morgan fingerprint density at radius 2 is 1.95 bits per heavy atom. The second kappa shape index (κ2) is 6.20. The third-order valence-corrected chi connectivity index (χ3v) is 3.80. The molecule has 1 aliphatic heterocycles. The zero-order chi connectivity index (χ0) is 13.8. The van der Waals surface area contributed by atoms with Crippen molar-refractivity contribution in [3.05, 3.63) is 35.9 Å². The number of piperazine rings is 1. The van der Waals surface area contributed by atoms with E-state index in [4.69, 9.17) is 0 Å². The van der Waals surface area contributed by atoms with Crippen LogP contribution < -0.4 is 0 Å². The summed E-state index contributed by atoms with van der Waals surface area (Å²) < 4.78 is 0. The van der Waals surface area contributed by atoms with Crippen molar-refractivity contribution in [2.24, 2.45) is 5.92 Å². The smallest absolute Gasteiger partial charge is 0.225 e. The zero-order valence-corrected chi connectivity index (χ0v) is 12.2. The molecule has 0 spiro atoms. The third kappa shape index (κ3) is 3.57. The van der Waals surface area contributed by atoms with Gasteiger partial charge >= 0.3 is 0 Å². The van der Waals surface area contributed by atoms with Gasteiger partial charge in [-0.05, 0) is 12.5 Å². The number of rotatable bonds is 3. The van der Waals surface area contributed by atoms with E-state index >= 15 is 0 Å². The molecule has 1 heterocycles. The summed E-state index contributed by atoms with van der Waals surface area (Å²) in [6.45, 7) is 9.81. The molecular weight excluding hydrogens is 236 g/mol. The van der Waals surface area contributed by atoms with Gasteiger partial charge in [0.25, 0.3) is 0 Å². The van der Waals surface area contributed by atoms with Gasteiger partial charge in [-0.2, -0.15) is 0 Å². The molecule has 1 atom stereocenters. The fourth-order valence-corrected chi connectivity index (χ4v) is 2.61. The lowest BCUT2D eigenvalue weighted by Crippen LogP contribution is -2.53. The highest BCUT2D eigenvalue weighted by Crippen LogP contribution is 2.15. The fourth-order valence-electron chi connectivity index (χ4n) is 2.61. The summed E-state index contributed by atoms with van der Waals surface area (Å²) in [6.07, 6.45) is 0. The number of nitrogens with zero attached hydrogens (tertiary/aromatic N) is 2. The molecule has 1 aliphatic rings. The molecule has 3 heteroatoms. The van der Waals surface area contributed by atoms with E-state index in [0.717, 1.165) is 26.2 Å². The van der Waals surface area contributed by atoms with E-state index in [0.29, 0.717) is 6.04 Å². The number of carbonyl (C=O) groups is 1. The van der Waals surface area contributed by atoms with Crippen LogP contribution in [0.3, 0.4) is 0 Å². The van der Waals surface area contributed by atoms with Gasteiger partial charge in [0.15, 0.2) is 0 Å². The lowest BCUT2D eigenvalue weighted by Gasteiger charge is -2.40. The molecule has 1 amide bonds. The van der Waals surface area contributed by atoms with Gasteiger partial charge in [0.1, 0.15) is 0 Å². The van der Waals surface area contributed by atoms with E-state index < -0.39 is 0 Å². The van der Waals surface area contributed by atoms with Crippen LogP contribution in [0.25, 0.3) is 0 Å². The monoisotopic (exact) mass is 260 g/mol. The summed E-state index contributed by atoms with van der Waals surface area (Å²) in [5.41, 5.74) is 1.35. The van der Waals surface area contributed by atoms with Gasteiger partial charge in [-0.1, -0.05) is 44.2 Å². The van der Waals surface area contributed by atoms with Crippen molar-refractivity contribution in [1.82, 2.24) is 9.80 Å². The van der Waals surface area contributed by atoms with Crippen molar-refractivity contribution in [3.8, 4) is 0 Å². The highest BCUT2D eigenvalue weighted by Gasteiger charge is 2.27. The molecule has 1 unspecified atom stereocenters. The molecule has 0 radical (unpaired) electrons. The van der Waals surface area contributed by atoms with E-state index in [1.165, 1.54) is 5.56 Å². The molecule has 104 valence electrons. The van der Waals surface area contributed by atoms with Crippen LogP contribution in [-0.2, 0) is 11.3 Å². The van der Waals surface area contributed by atoms with Crippen LogP contribution in [0, 0.1) is 5.92 Å². The maximum Gasteiger partial charge on any atom is 0.225 e.